The molecule has 13 heteroatoms. The molecule has 0 amide bonds. The molecule has 9 nitrogen and oxygen atoms in total. The van der Waals surface area contributed by atoms with Crippen molar-refractivity contribution in [3.05, 3.63) is 64.5 Å². The van der Waals surface area contributed by atoms with Crippen molar-refractivity contribution in [1.82, 2.24) is 4.72 Å². The van der Waals surface area contributed by atoms with Crippen molar-refractivity contribution >= 4 is 44.7 Å². The smallest absolute Gasteiger partial charge is 0.391 e. The highest BCUT2D eigenvalue weighted by atomic mass is 32.2. The molecule has 0 aliphatic carbocycles. The molecule has 0 fully saturated rings. The number of nitrogens with one attached hydrogen (secondary N) is 1. The van der Waals surface area contributed by atoms with Crippen LogP contribution in [0.25, 0.3) is 10.1 Å². The number of hydrogen-bond donors (Lipinski definition) is 2. The predicted octanol–water partition coefficient (Wildman–Crippen LogP) is 3.45. The number of hydrogen-bond acceptors (Lipinski definition) is 7. The van der Waals surface area contributed by atoms with Crippen molar-refractivity contribution in [2.75, 3.05) is 6.29 Å². The van der Waals surface area contributed by atoms with E-state index in [4.69, 9.17) is 0 Å². The molecule has 2 N–H and O–H groups in total. The molecule has 1 heterocycles. The Morgan fingerprint density at radius 3 is 2.61 bits per heavy atom. The van der Waals surface area contributed by atoms with Crippen LogP contribution in [0.15, 0.2) is 52.7 Å². The molecule has 2 aromatic carbocycles. The molecule has 1 aromatic heterocycles. The Balaban J connectivity index is 1.73. The van der Waals surface area contributed by atoms with Gasteiger partial charge in [0.2, 0.25) is 0 Å². The van der Waals surface area contributed by atoms with E-state index in [0.29, 0.717) is 11.5 Å². The second-order valence-corrected chi connectivity index (χ2v) is 10.4. The Morgan fingerprint density at radius 2 is 1.96 bits per heavy atom. The molecular formula is C15H12FN2O7PS2. The van der Waals surface area contributed by atoms with E-state index in [1.807, 2.05) is 4.72 Å². The second-order valence-electron chi connectivity index (χ2n) is 5.51. The minimum atomic E-state index is -4.63. The maximum atomic E-state index is 13.8. The van der Waals surface area contributed by atoms with Gasteiger partial charge in [-0.15, -0.1) is 11.3 Å². The topological polar surface area (TPSA) is 136 Å². The summed E-state index contributed by atoms with van der Waals surface area (Å²) >= 11 is 0.979. The number of halogens is 1. The van der Waals surface area contributed by atoms with E-state index in [9.17, 15) is 32.4 Å². The van der Waals surface area contributed by atoms with Crippen LogP contribution in [0, 0.1) is 15.9 Å². The van der Waals surface area contributed by atoms with Crippen LogP contribution in [-0.2, 0) is 14.6 Å². The second kappa shape index (κ2) is 7.57. The molecule has 28 heavy (non-hydrogen) atoms. The Bertz CT molecular complexity index is 1180. The van der Waals surface area contributed by atoms with Gasteiger partial charge in [0.1, 0.15) is 10.5 Å². The van der Waals surface area contributed by atoms with Crippen LogP contribution < -0.4 is 9.25 Å². The SMILES string of the molecule is O=[N+]([O-])c1ccc(OP(=O)(O)CNS(=O)(=O)c2cc3ccccc3s2)c(F)c1. The van der Waals surface area contributed by atoms with Crippen molar-refractivity contribution < 1.29 is 31.7 Å². The molecule has 0 aliphatic heterocycles. The lowest BCUT2D eigenvalue weighted by Crippen LogP contribution is -2.25. The van der Waals surface area contributed by atoms with Gasteiger partial charge in [0.05, 0.1) is 11.0 Å². The van der Waals surface area contributed by atoms with Crippen LogP contribution >= 0.6 is 18.9 Å². The van der Waals surface area contributed by atoms with E-state index < -0.39 is 46.1 Å². The maximum absolute atomic E-state index is 13.8. The number of rotatable bonds is 7. The average molecular weight is 446 g/mol. The number of nitro benzene ring substituents is 1. The van der Waals surface area contributed by atoms with Crippen molar-refractivity contribution in [2.24, 2.45) is 0 Å². The summed E-state index contributed by atoms with van der Waals surface area (Å²) in [6.07, 6.45) is -1.01. The minimum Gasteiger partial charge on any atom is -0.420 e. The summed E-state index contributed by atoms with van der Waals surface area (Å²) in [5.74, 6) is -1.94. The van der Waals surface area contributed by atoms with Crippen LogP contribution in [-0.4, -0.2) is 24.5 Å². The van der Waals surface area contributed by atoms with Gasteiger partial charge < -0.3 is 9.42 Å². The van der Waals surface area contributed by atoms with Crippen molar-refractivity contribution in [3.8, 4) is 5.75 Å². The molecule has 0 spiro atoms. The first-order valence-electron chi connectivity index (χ1n) is 7.51. The van der Waals surface area contributed by atoms with Crippen LogP contribution in [0.5, 0.6) is 5.75 Å². The number of non-ortho nitro benzene ring substituents is 1. The summed E-state index contributed by atoms with van der Waals surface area (Å²) in [7, 11) is -8.73. The largest absolute Gasteiger partial charge is 0.420 e. The molecule has 3 rings (SSSR count). The minimum absolute atomic E-state index is 0.0600. The molecule has 0 bridgehead atoms. The van der Waals surface area contributed by atoms with Gasteiger partial charge in [-0.1, -0.05) is 18.2 Å². The molecule has 148 valence electrons. The van der Waals surface area contributed by atoms with E-state index in [-0.39, 0.29) is 4.21 Å². The lowest BCUT2D eigenvalue weighted by molar-refractivity contribution is -0.385. The van der Waals surface area contributed by atoms with E-state index in [1.54, 1.807) is 24.3 Å². The summed E-state index contributed by atoms with van der Waals surface area (Å²) in [5.41, 5.74) is -0.567. The molecule has 0 radical (unpaired) electrons. The van der Waals surface area contributed by atoms with E-state index in [2.05, 4.69) is 4.52 Å². The fraction of sp³-hybridized carbons (Fsp3) is 0.0667. The lowest BCUT2D eigenvalue weighted by atomic mass is 10.3. The summed E-state index contributed by atoms with van der Waals surface area (Å²) in [5, 5.41) is 11.3. The lowest BCUT2D eigenvalue weighted by Gasteiger charge is -2.14. The predicted molar refractivity (Wildman–Crippen MR) is 101 cm³/mol. The van der Waals surface area contributed by atoms with Gasteiger partial charge in [0.15, 0.2) is 11.6 Å². The third-order valence-corrected chi connectivity index (χ3v) is 7.73. The first-order valence-corrected chi connectivity index (χ1v) is 11.6. The van der Waals surface area contributed by atoms with E-state index in [1.165, 1.54) is 6.07 Å². The summed E-state index contributed by atoms with van der Waals surface area (Å²) in [6, 6.07) is 10.6. The van der Waals surface area contributed by atoms with Gasteiger partial charge in [-0.25, -0.2) is 17.4 Å². The van der Waals surface area contributed by atoms with Crippen LogP contribution in [0.2, 0.25) is 0 Å². The van der Waals surface area contributed by atoms with Crippen LogP contribution in [0.4, 0.5) is 10.1 Å². The third kappa shape index (κ3) is 4.54. The Morgan fingerprint density at radius 1 is 1.25 bits per heavy atom. The highest BCUT2D eigenvalue weighted by Crippen LogP contribution is 2.43. The van der Waals surface area contributed by atoms with Gasteiger partial charge in [-0.05, 0) is 23.6 Å². The van der Waals surface area contributed by atoms with Crippen molar-refractivity contribution in [3.63, 3.8) is 0 Å². The number of fused-ring (bicyclic) bond motifs is 1. The molecule has 3 aromatic rings. The number of thiophene rings is 1. The first-order chi connectivity index (χ1) is 13.1. The Kier molecular flexibility index (Phi) is 5.50. The number of nitrogens with zero attached hydrogens (tertiary/aromatic N) is 1. The van der Waals surface area contributed by atoms with Gasteiger partial charge >= 0.3 is 7.60 Å². The fourth-order valence-corrected chi connectivity index (χ4v) is 6.15. The van der Waals surface area contributed by atoms with Gasteiger partial charge in [-0.2, -0.15) is 4.72 Å². The highest BCUT2D eigenvalue weighted by molar-refractivity contribution is 7.92. The maximum Gasteiger partial charge on any atom is 0.391 e. The highest BCUT2D eigenvalue weighted by Gasteiger charge is 2.28. The molecule has 0 saturated carbocycles. The molecular weight excluding hydrogens is 434 g/mol. The Hall–Kier alpha value is -2.37. The van der Waals surface area contributed by atoms with Gasteiger partial charge in [-0.3, -0.25) is 10.1 Å². The molecule has 1 unspecified atom stereocenters. The van der Waals surface area contributed by atoms with Crippen LogP contribution in [0.1, 0.15) is 0 Å². The van der Waals surface area contributed by atoms with E-state index in [0.717, 1.165) is 28.2 Å². The monoisotopic (exact) mass is 446 g/mol. The zero-order chi connectivity index (χ0) is 20.5. The first kappa shape index (κ1) is 20.4. The number of sulfonamides is 1. The average Bonchev–Trinajstić information content (AvgIpc) is 3.07. The van der Waals surface area contributed by atoms with Crippen LogP contribution in [0.3, 0.4) is 0 Å². The van der Waals surface area contributed by atoms with Gasteiger partial charge in [0, 0.05) is 10.8 Å². The molecule has 1 atom stereocenters. The summed E-state index contributed by atoms with van der Waals surface area (Å²) < 4.78 is 57.9. The molecule has 0 aliphatic rings. The normalized spacial score (nSPS) is 13.9. The standard InChI is InChI=1S/C15H12FN2O7PS2/c16-12-8-11(18(19)20)5-6-13(12)25-26(21,22)9-17-28(23,24)15-7-10-3-1-2-4-14(10)27-15/h1-8,17H,9H2,(H,21,22). The third-order valence-electron chi connectivity index (χ3n) is 3.49. The summed E-state index contributed by atoms with van der Waals surface area (Å²) in [6.45, 7) is 0. The Labute approximate surface area is 162 Å². The van der Waals surface area contributed by atoms with Gasteiger partial charge in [0.25, 0.3) is 15.7 Å². The van der Waals surface area contributed by atoms with E-state index >= 15 is 0 Å². The molecule has 0 saturated heterocycles. The van der Waals surface area contributed by atoms with Crippen molar-refractivity contribution in [1.29, 1.82) is 0 Å². The van der Waals surface area contributed by atoms with Crippen molar-refractivity contribution in [2.45, 2.75) is 4.21 Å². The fourth-order valence-electron chi connectivity index (χ4n) is 2.19. The number of nitro groups is 1. The number of benzene rings is 2. The quantitative estimate of drug-likeness (QED) is 0.322. The zero-order valence-corrected chi connectivity index (χ0v) is 16.3. The zero-order valence-electron chi connectivity index (χ0n) is 13.8. The summed E-state index contributed by atoms with van der Waals surface area (Å²) in [4.78, 5) is 19.6.